The van der Waals surface area contributed by atoms with E-state index in [0.29, 0.717) is 29.2 Å². The number of rotatable bonds is 7. The summed E-state index contributed by atoms with van der Waals surface area (Å²) in [5, 5.41) is 0. The number of ketones is 1. The number of Topliss-reactive ketones (excluding diaryl/α,β-unsaturated/α-hetero) is 1. The lowest BCUT2D eigenvalue weighted by molar-refractivity contribution is -0.153. The van der Waals surface area contributed by atoms with Crippen LogP contribution < -0.4 is 4.74 Å². The third-order valence-electron chi connectivity index (χ3n) is 6.95. The summed E-state index contributed by atoms with van der Waals surface area (Å²) in [5.41, 5.74) is 3.01. The molecule has 1 heterocycles. The average molecular weight is 568 g/mol. The fourth-order valence-corrected chi connectivity index (χ4v) is 5.72. The number of halogens is 1. The lowest BCUT2D eigenvalue weighted by Gasteiger charge is -2.41. The summed E-state index contributed by atoms with van der Waals surface area (Å²) in [6, 6.07) is 14.9. The molecule has 1 fully saturated rings. The Morgan fingerprint density at radius 3 is 2.32 bits per heavy atom. The van der Waals surface area contributed by atoms with Gasteiger partial charge >= 0.3 is 11.9 Å². The molecule has 4 atom stereocenters. The number of benzene rings is 2. The first kappa shape index (κ1) is 26.8. The zero-order chi connectivity index (χ0) is 26.7. The van der Waals surface area contributed by atoms with Crippen molar-refractivity contribution in [3.8, 4) is 5.75 Å². The van der Waals surface area contributed by atoms with Crippen LogP contribution in [0.25, 0.3) is 0 Å². The lowest BCUT2D eigenvalue weighted by Crippen LogP contribution is -2.48. The number of fused-ring (bicyclic) bond motifs is 1. The molecule has 2 aromatic rings. The molecule has 0 spiro atoms. The van der Waals surface area contributed by atoms with E-state index in [1.807, 2.05) is 48.5 Å². The minimum Gasteiger partial charge on any atom is -0.496 e. The Bertz CT molecular complexity index is 1270. The van der Waals surface area contributed by atoms with Gasteiger partial charge in [-0.15, -0.1) is 0 Å². The van der Waals surface area contributed by atoms with Gasteiger partial charge in [-0.25, -0.2) is 4.79 Å². The average Bonchev–Trinajstić information content (AvgIpc) is 2.88. The maximum Gasteiger partial charge on any atom is 0.336 e. The number of allylic oxidation sites excluding steroid dienone is 1. The summed E-state index contributed by atoms with van der Waals surface area (Å²) in [7, 11) is 1.56. The summed E-state index contributed by atoms with van der Waals surface area (Å²) < 4.78 is 17.2. The van der Waals surface area contributed by atoms with Crippen molar-refractivity contribution in [3.05, 3.63) is 75.4 Å². The highest BCUT2D eigenvalue weighted by Gasteiger charge is 2.53. The maximum atomic E-state index is 14.3. The molecule has 0 radical (unpaired) electrons. The SMILES string of the molecule is CCOC(=O)C1=C(C)N=C2C[C@H](c3ccccc3OC)[C@@H](C(=O)OCC)C(=O)C2[C@@H]1c1ccc(Br)cc1. The van der Waals surface area contributed by atoms with Crippen LogP contribution in [-0.2, 0) is 23.9 Å². The molecule has 0 aromatic heterocycles. The fourth-order valence-electron chi connectivity index (χ4n) is 5.45. The number of aliphatic imine (C=N–C) groups is 1. The van der Waals surface area contributed by atoms with Crippen LogP contribution in [0.5, 0.6) is 5.75 Å². The van der Waals surface area contributed by atoms with Gasteiger partial charge in [0.05, 0.1) is 31.8 Å². The number of carbonyl (C=O) groups is 3. The van der Waals surface area contributed by atoms with Crippen molar-refractivity contribution < 1.29 is 28.6 Å². The van der Waals surface area contributed by atoms with E-state index in [-0.39, 0.29) is 19.0 Å². The number of hydrogen-bond donors (Lipinski definition) is 0. The van der Waals surface area contributed by atoms with Crippen molar-refractivity contribution in [2.24, 2.45) is 16.8 Å². The predicted octanol–water partition coefficient (Wildman–Crippen LogP) is 5.39. The highest BCUT2D eigenvalue weighted by molar-refractivity contribution is 9.10. The van der Waals surface area contributed by atoms with Crippen molar-refractivity contribution in [1.82, 2.24) is 0 Å². The number of methoxy groups -OCH3 is 1. The number of para-hydroxylation sites is 1. The molecule has 0 N–H and O–H groups in total. The number of carbonyl (C=O) groups excluding carboxylic acids is 3. The molecule has 0 amide bonds. The normalized spacial score (nSPS) is 23.2. The highest BCUT2D eigenvalue weighted by Crippen LogP contribution is 2.49. The summed E-state index contributed by atoms with van der Waals surface area (Å²) in [6.45, 7) is 5.56. The molecule has 4 rings (SSSR count). The number of nitrogens with zero attached hydrogens (tertiary/aromatic N) is 1. The maximum absolute atomic E-state index is 14.3. The van der Waals surface area contributed by atoms with Gasteiger partial charge in [0.15, 0.2) is 5.78 Å². The topological polar surface area (TPSA) is 91.3 Å². The van der Waals surface area contributed by atoms with E-state index in [1.54, 1.807) is 27.9 Å². The summed E-state index contributed by atoms with van der Waals surface area (Å²) >= 11 is 3.46. The minimum absolute atomic E-state index is 0.149. The van der Waals surface area contributed by atoms with Crippen LogP contribution in [0, 0.1) is 11.8 Å². The first-order chi connectivity index (χ1) is 17.8. The van der Waals surface area contributed by atoms with Gasteiger partial charge in [-0.1, -0.05) is 46.3 Å². The highest BCUT2D eigenvalue weighted by atomic mass is 79.9. The Morgan fingerprint density at radius 2 is 1.68 bits per heavy atom. The van der Waals surface area contributed by atoms with Gasteiger partial charge in [0.1, 0.15) is 11.7 Å². The van der Waals surface area contributed by atoms with E-state index < -0.39 is 35.6 Å². The van der Waals surface area contributed by atoms with Gasteiger partial charge < -0.3 is 14.2 Å². The van der Waals surface area contributed by atoms with Gasteiger partial charge in [0, 0.05) is 27.7 Å². The molecular formula is C29H30BrNO6. The summed E-state index contributed by atoms with van der Waals surface area (Å²) in [4.78, 5) is 45.6. The standard InChI is InChI=1S/C29H30BrNO6/c1-5-36-28(33)23-16(3)31-21-15-20(19-9-7-8-10-22(19)35-4)25(29(34)37-6-2)27(32)26(21)24(23)17-11-13-18(30)14-12-17/h7-14,20,24-26H,5-6,15H2,1-4H3/t20-,24-,25-,26?/m1/s1. The minimum atomic E-state index is -1.07. The Kier molecular flexibility index (Phi) is 8.27. The molecule has 1 aliphatic carbocycles. The van der Waals surface area contributed by atoms with E-state index in [9.17, 15) is 14.4 Å². The Morgan fingerprint density at radius 1 is 1.00 bits per heavy atom. The van der Waals surface area contributed by atoms with Crippen molar-refractivity contribution in [1.29, 1.82) is 0 Å². The molecule has 194 valence electrons. The van der Waals surface area contributed by atoms with Crippen LogP contribution >= 0.6 is 15.9 Å². The van der Waals surface area contributed by atoms with Gasteiger partial charge in [0.25, 0.3) is 0 Å². The van der Waals surface area contributed by atoms with Crippen LogP contribution in [0.2, 0.25) is 0 Å². The predicted molar refractivity (Wildman–Crippen MR) is 143 cm³/mol. The van der Waals surface area contributed by atoms with E-state index in [4.69, 9.17) is 19.2 Å². The largest absolute Gasteiger partial charge is 0.496 e. The molecular weight excluding hydrogens is 538 g/mol. The van der Waals surface area contributed by atoms with Crippen LogP contribution in [-0.4, -0.2) is 43.8 Å². The zero-order valence-corrected chi connectivity index (χ0v) is 22.9. The van der Waals surface area contributed by atoms with Crippen molar-refractivity contribution in [3.63, 3.8) is 0 Å². The molecule has 2 aromatic carbocycles. The second kappa shape index (κ2) is 11.4. The molecule has 1 aliphatic heterocycles. The third-order valence-corrected chi connectivity index (χ3v) is 7.48. The second-order valence-electron chi connectivity index (χ2n) is 9.01. The van der Waals surface area contributed by atoms with Gasteiger partial charge in [0.2, 0.25) is 0 Å². The zero-order valence-electron chi connectivity index (χ0n) is 21.3. The molecule has 0 saturated heterocycles. The first-order valence-corrected chi connectivity index (χ1v) is 13.2. The van der Waals surface area contributed by atoms with E-state index in [2.05, 4.69) is 15.9 Å². The molecule has 37 heavy (non-hydrogen) atoms. The fraction of sp³-hybridized carbons (Fsp3) is 0.379. The number of esters is 2. The van der Waals surface area contributed by atoms with Crippen molar-refractivity contribution >= 4 is 39.4 Å². The van der Waals surface area contributed by atoms with Crippen LogP contribution in [0.3, 0.4) is 0 Å². The molecule has 1 saturated carbocycles. The number of hydrogen-bond acceptors (Lipinski definition) is 7. The van der Waals surface area contributed by atoms with E-state index >= 15 is 0 Å². The smallest absolute Gasteiger partial charge is 0.336 e. The Labute approximate surface area is 225 Å². The van der Waals surface area contributed by atoms with Crippen LogP contribution in [0.4, 0.5) is 0 Å². The Balaban J connectivity index is 1.91. The Hall–Kier alpha value is -3.26. The summed E-state index contributed by atoms with van der Waals surface area (Å²) in [6.07, 6.45) is 0.348. The van der Waals surface area contributed by atoms with Crippen molar-refractivity contribution in [2.75, 3.05) is 20.3 Å². The second-order valence-corrected chi connectivity index (χ2v) is 9.93. The van der Waals surface area contributed by atoms with Gasteiger partial charge in [-0.3, -0.25) is 14.6 Å². The van der Waals surface area contributed by atoms with E-state index in [1.165, 1.54) is 0 Å². The molecule has 0 bridgehead atoms. The third kappa shape index (κ3) is 5.12. The summed E-state index contributed by atoms with van der Waals surface area (Å²) in [5.74, 6) is -3.84. The molecule has 1 unspecified atom stereocenters. The van der Waals surface area contributed by atoms with Crippen LogP contribution in [0.1, 0.15) is 50.2 Å². The molecule has 8 heteroatoms. The number of ether oxygens (including phenoxy) is 3. The first-order valence-electron chi connectivity index (χ1n) is 12.4. The van der Waals surface area contributed by atoms with Crippen molar-refractivity contribution in [2.45, 2.75) is 39.0 Å². The van der Waals surface area contributed by atoms with E-state index in [0.717, 1.165) is 15.6 Å². The van der Waals surface area contributed by atoms with Gasteiger partial charge in [-0.05, 0) is 56.5 Å². The van der Waals surface area contributed by atoms with Gasteiger partial charge in [-0.2, -0.15) is 0 Å². The molecule has 7 nitrogen and oxygen atoms in total. The van der Waals surface area contributed by atoms with Crippen LogP contribution in [0.15, 0.2) is 69.3 Å². The quantitative estimate of drug-likeness (QED) is 0.329. The molecule has 2 aliphatic rings. The lowest BCUT2D eigenvalue weighted by atomic mass is 9.62. The monoisotopic (exact) mass is 567 g/mol.